The van der Waals surface area contributed by atoms with E-state index < -0.39 is 0 Å². The third kappa shape index (κ3) is 3.54. The van der Waals surface area contributed by atoms with Crippen molar-refractivity contribution in [1.82, 2.24) is 19.6 Å². The Labute approximate surface area is 193 Å². The summed E-state index contributed by atoms with van der Waals surface area (Å²) in [6, 6.07) is 17.1. The zero-order valence-electron chi connectivity index (χ0n) is 19.1. The van der Waals surface area contributed by atoms with Crippen molar-refractivity contribution >= 4 is 22.2 Å². The van der Waals surface area contributed by atoms with E-state index in [9.17, 15) is 0 Å². The van der Waals surface area contributed by atoms with Crippen LogP contribution in [0.3, 0.4) is 0 Å². The number of fused-ring (bicyclic) bond motifs is 2. The van der Waals surface area contributed by atoms with E-state index in [4.69, 9.17) is 9.97 Å². The van der Waals surface area contributed by atoms with Crippen molar-refractivity contribution in [3.8, 4) is 22.3 Å². The van der Waals surface area contributed by atoms with Crippen molar-refractivity contribution in [3.63, 3.8) is 0 Å². The van der Waals surface area contributed by atoms with E-state index in [1.165, 1.54) is 29.2 Å². The molecule has 164 valence electrons. The van der Waals surface area contributed by atoms with Gasteiger partial charge < -0.3 is 4.90 Å². The van der Waals surface area contributed by atoms with Crippen LogP contribution < -0.4 is 4.90 Å². The molecule has 3 aromatic heterocycles. The lowest BCUT2D eigenvalue weighted by atomic mass is 9.97. The smallest absolute Gasteiger partial charge is 0.162 e. The van der Waals surface area contributed by atoms with E-state index >= 15 is 0 Å². The van der Waals surface area contributed by atoms with E-state index in [1.54, 1.807) is 0 Å². The van der Waals surface area contributed by atoms with Gasteiger partial charge in [0.1, 0.15) is 5.82 Å². The summed E-state index contributed by atoms with van der Waals surface area (Å²) in [4.78, 5) is 11.9. The van der Waals surface area contributed by atoms with Crippen LogP contribution in [0.2, 0.25) is 0 Å². The largest absolute Gasteiger partial charge is 0.357 e. The first-order valence-electron chi connectivity index (χ1n) is 11.7. The molecule has 0 unspecified atom stereocenters. The van der Waals surface area contributed by atoms with Crippen LogP contribution in [-0.2, 0) is 0 Å². The predicted octanol–water partition coefficient (Wildman–Crippen LogP) is 6.16. The van der Waals surface area contributed by atoms with Crippen molar-refractivity contribution < 1.29 is 0 Å². The maximum absolute atomic E-state index is 4.81. The number of aryl methyl sites for hydroxylation is 1. The maximum Gasteiger partial charge on any atom is 0.162 e. The molecule has 0 N–H and O–H groups in total. The Morgan fingerprint density at radius 1 is 0.788 bits per heavy atom. The Morgan fingerprint density at radius 2 is 1.58 bits per heavy atom. The second-order valence-electron chi connectivity index (χ2n) is 9.22. The van der Waals surface area contributed by atoms with Crippen LogP contribution in [0, 0.1) is 12.8 Å². The van der Waals surface area contributed by atoms with E-state index in [0.29, 0.717) is 0 Å². The van der Waals surface area contributed by atoms with Gasteiger partial charge in [-0.05, 0) is 59.7 Å². The monoisotopic (exact) mass is 433 g/mol. The molecule has 0 bridgehead atoms. The highest BCUT2D eigenvalue weighted by Gasteiger charge is 2.17. The van der Waals surface area contributed by atoms with Gasteiger partial charge in [0, 0.05) is 48.4 Å². The number of benzene rings is 2. The second-order valence-corrected chi connectivity index (χ2v) is 9.22. The quantitative estimate of drug-likeness (QED) is 0.342. The minimum absolute atomic E-state index is 0.815. The third-order valence-corrected chi connectivity index (χ3v) is 6.98. The topological polar surface area (TPSA) is 46.3 Å². The Morgan fingerprint density at radius 3 is 2.36 bits per heavy atom. The molecule has 0 spiro atoms. The Hall–Kier alpha value is -3.73. The molecule has 5 aromatic rings. The maximum atomic E-state index is 4.81. The number of rotatable bonds is 3. The van der Waals surface area contributed by atoms with Gasteiger partial charge in [-0.25, -0.2) is 14.5 Å². The number of nitrogens with zero attached hydrogens (tertiary/aromatic N) is 5. The zero-order valence-corrected chi connectivity index (χ0v) is 19.1. The number of aromatic nitrogens is 4. The predicted molar refractivity (Wildman–Crippen MR) is 135 cm³/mol. The minimum Gasteiger partial charge on any atom is -0.357 e. The second kappa shape index (κ2) is 8.00. The molecule has 5 heteroatoms. The van der Waals surface area contributed by atoms with Gasteiger partial charge in [-0.2, -0.15) is 5.10 Å². The highest BCUT2D eigenvalue weighted by Crippen LogP contribution is 2.33. The van der Waals surface area contributed by atoms with Crippen molar-refractivity contribution in [3.05, 3.63) is 78.9 Å². The van der Waals surface area contributed by atoms with Gasteiger partial charge in [-0.15, -0.1) is 0 Å². The van der Waals surface area contributed by atoms with Gasteiger partial charge >= 0.3 is 0 Å². The SMILES string of the molecule is Cc1ccc(-c2cnn3cc(-c4ccc(N5CCC(C)CC5)nc4)cnc23)c2ccccc12. The molecular formula is C28H27N5. The Balaban J connectivity index is 1.33. The van der Waals surface area contributed by atoms with E-state index in [0.717, 1.165) is 52.7 Å². The fraction of sp³-hybridized carbons (Fsp3) is 0.250. The molecule has 0 aliphatic carbocycles. The molecule has 0 radical (unpaired) electrons. The molecule has 0 atom stereocenters. The van der Waals surface area contributed by atoms with Crippen LogP contribution in [-0.4, -0.2) is 32.7 Å². The summed E-state index contributed by atoms with van der Waals surface area (Å²) in [6.07, 6.45) is 10.3. The van der Waals surface area contributed by atoms with Crippen LogP contribution in [0.1, 0.15) is 25.3 Å². The molecule has 33 heavy (non-hydrogen) atoms. The Bertz CT molecular complexity index is 1440. The highest BCUT2D eigenvalue weighted by molar-refractivity contribution is 6.01. The lowest BCUT2D eigenvalue weighted by molar-refractivity contribution is 0.436. The van der Waals surface area contributed by atoms with Crippen LogP contribution in [0.5, 0.6) is 0 Å². The van der Waals surface area contributed by atoms with Gasteiger partial charge in [0.15, 0.2) is 5.65 Å². The molecule has 0 amide bonds. The average molecular weight is 434 g/mol. The van der Waals surface area contributed by atoms with Gasteiger partial charge in [0.25, 0.3) is 0 Å². The molecular weight excluding hydrogens is 406 g/mol. The number of hydrogen-bond donors (Lipinski definition) is 0. The molecule has 5 nitrogen and oxygen atoms in total. The number of pyridine rings is 1. The van der Waals surface area contributed by atoms with Crippen LogP contribution in [0.4, 0.5) is 5.82 Å². The molecule has 1 aliphatic rings. The molecule has 4 heterocycles. The average Bonchev–Trinajstić information content (AvgIpc) is 3.28. The van der Waals surface area contributed by atoms with Crippen molar-refractivity contribution in [1.29, 1.82) is 0 Å². The minimum atomic E-state index is 0.815. The van der Waals surface area contributed by atoms with Crippen LogP contribution >= 0.6 is 0 Å². The fourth-order valence-electron chi connectivity index (χ4n) is 4.88. The molecule has 1 fully saturated rings. The lowest BCUT2D eigenvalue weighted by Gasteiger charge is -2.31. The van der Waals surface area contributed by atoms with Gasteiger partial charge in [0.05, 0.1) is 6.20 Å². The summed E-state index contributed by atoms with van der Waals surface area (Å²) in [7, 11) is 0. The fourth-order valence-corrected chi connectivity index (χ4v) is 4.88. The van der Waals surface area contributed by atoms with Crippen LogP contribution in [0.15, 0.2) is 73.3 Å². The number of anilines is 1. The first kappa shape index (κ1) is 19.9. The van der Waals surface area contributed by atoms with Crippen LogP contribution in [0.25, 0.3) is 38.7 Å². The first-order valence-corrected chi connectivity index (χ1v) is 11.7. The number of hydrogen-bond acceptors (Lipinski definition) is 4. The zero-order chi connectivity index (χ0) is 22.4. The van der Waals surface area contributed by atoms with Crippen molar-refractivity contribution in [2.75, 3.05) is 18.0 Å². The van der Waals surface area contributed by atoms with E-state index in [2.05, 4.69) is 72.4 Å². The highest BCUT2D eigenvalue weighted by atomic mass is 15.2. The molecule has 6 rings (SSSR count). The summed E-state index contributed by atoms with van der Waals surface area (Å²) >= 11 is 0. The molecule has 1 aliphatic heterocycles. The van der Waals surface area contributed by atoms with E-state index in [1.807, 2.05) is 29.3 Å². The lowest BCUT2D eigenvalue weighted by Crippen LogP contribution is -2.33. The molecule has 0 saturated carbocycles. The van der Waals surface area contributed by atoms with Gasteiger partial charge in [0.2, 0.25) is 0 Å². The Kier molecular flexibility index (Phi) is 4.83. The summed E-state index contributed by atoms with van der Waals surface area (Å²) in [5.41, 5.74) is 6.41. The molecule has 1 saturated heterocycles. The third-order valence-electron chi connectivity index (χ3n) is 6.98. The van der Waals surface area contributed by atoms with E-state index in [-0.39, 0.29) is 0 Å². The number of piperidine rings is 1. The van der Waals surface area contributed by atoms with Crippen molar-refractivity contribution in [2.45, 2.75) is 26.7 Å². The summed E-state index contributed by atoms with van der Waals surface area (Å²) in [5, 5.41) is 7.13. The summed E-state index contributed by atoms with van der Waals surface area (Å²) in [5.74, 6) is 1.88. The standard InChI is InChI=1S/C28H27N5/c1-19-11-13-32(14-12-19)27-10-8-21(15-29-27)22-16-30-28-26(17-31-33(28)18-22)25-9-7-20(2)23-5-3-4-6-24(23)25/h3-10,15-19H,11-14H2,1-2H3. The normalized spacial score (nSPS) is 14.9. The van der Waals surface area contributed by atoms with Crippen molar-refractivity contribution in [2.24, 2.45) is 5.92 Å². The van der Waals surface area contributed by atoms with Gasteiger partial charge in [-0.1, -0.05) is 43.3 Å². The summed E-state index contributed by atoms with van der Waals surface area (Å²) < 4.78 is 1.87. The van der Waals surface area contributed by atoms with Gasteiger partial charge in [-0.3, -0.25) is 0 Å². The first-order chi connectivity index (χ1) is 16.2. The summed E-state index contributed by atoms with van der Waals surface area (Å²) in [6.45, 7) is 6.66. The molecule has 2 aromatic carbocycles.